The number of thiophene rings is 1. The molecular weight excluding hydrogens is 186 g/mol. The van der Waals surface area contributed by atoms with Crippen LogP contribution in [0.3, 0.4) is 0 Å². The van der Waals surface area contributed by atoms with Crippen molar-refractivity contribution in [3.05, 3.63) is 15.8 Å². The second kappa shape index (κ2) is 4.28. The molecule has 0 amide bonds. The first kappa shape index (κ1) is 10.1. The van der Waals surface area contributed by atoms with E-state index in [1.165, 1.54) is 18.4 Å². The van der Waals surface area contributed by atoms with Crippen LogP contribution in [0.2, 0.25) is 0 Å². The summed E-state index contributed by atoms with van der Waals surface area (Å²) in [5.74, 6) is -0.331. The quantitative estimate of drug-likeness (QED) is 0.758. The van der Waals surface area contributed by atoms with E-state index in [9.17, 15) is 4.79 Å². The van der Waals surface area contributed by atoms with Gasteiger partial charge in [0.2, 0.25) is 0 Å². The maximum Gasteiger partial charge on any atom is 0.341 e. The van der Waals surface area contributed by atoms with Crippen LogP contribution in [-0.4, -0.2) is 13.1 Å². The molecule has 0 spiro atoms. The van der Waals surface area contributed by atoms with Gasteiger partial charge in [-0.3, -0.25) is 0 Å². The summed E-state index contributed by atoms with van der Waals surface area (Å²) in [5.41, 5.74) is 6.74. The molecule has 2 N–H and O–H groups in total. The molecule has 4 heteroatoms. The van der Waals surface area contributed by atoms with E-state index >= 15 is 0 Å². The number of carbonyl (C=O) groups excluding carboxylic acids is 1. The molecule has 3 nitrogen and oxygen atoms in total. The maximum absolute atomic E-state index is 11.3. The standard InChI is InChI=1S/C9H13NO2S/c1-3-4-7-8(9(11)12-2)6(10)5-13-7/h5H,3-4,10H2,1-2H3. The Balaban J connectivity index is 3.01. The van der Waals surface area contributed by atoms with Gasteiger partial charge in [0.15, 0.2) is 0 Å². The lowest BCUT2D eigenvalue weighted by Crippen LogP contribution is -2.05. The molecule has 1 aromatic heterocycles. The van der Waals surface area contributed by atoms with Crippen molar-refractivity contribution in [3.63, 3.8) is 0 Å². The van der Waals surface area contributed by atoms with Crippen LogP contribution in [0.5, 0.6) is 0 Å². The highest BCUT2D eigenvalue weighted by molar-refractivity contribution is 7.10. The Morgan fingerprint density at radius 2 is 2.38 bits per heavy atom. The summed E-state index contributed by atoms with van der Waals surface area (Å²) in [7, 11) is 1.37. The monoisotopic (exact) mass is 199 g/mol. The second-order valence-electron chi connectivity index (χ2n) is 2.73. The van der Waals surface area contributed by atoms with Crippen molar-refractivity contribution >= 4 is 23.0 Å². The van der Waals surface area contributed by atoms with Gasteiger partial charge in [-0.2, -0.15) is 0 Å². The van der Waals surface area contributed by atoms with Gasteiger partial charge in [-0.05, 0) is 6.42 Å². The lowest BCUT2D eigenvalue weighted by Gasteiger charge is -2.01. The van der Waals surface area contributed by atoms with E-state index in [1.54, 1.807) is 5.38 Å². The number of methoxy groups -OCH3 is 1. The number of esters is 1. The van der Waals surface area contributed by atoms with Crippen LogP contribution in [0, 0.1) is 0 Å². The van der Waals surface area contributed by atoms with Gasteiger partial charge in [0, 0.05) is 10.3 Å². The third-order valence-electron chi connectivity index (χ3n) is 1.76. The fourth-order valence-corrected chi connectivity index (χ4v) is 2.19. The lowest BCUT2D eigenvalue weighted by molar-refractivity contribution is 0.0601. The molecule has 1 heterocycles. The van der Waals surface area contributed by atoms with Gasteiger partial charge in [-0.1, -0.05) is 13.3 Å². The van der Waals surface area contributed by atoms with Gasteiger partial charge in [-0.25, -0.2) is 4.79 Å². The van der Waals surface area contributed by atoms with Crippen molar-refractivity contribution in [2.75, 3.05) is 12.8 Å². The molecule has 1 aromatic rings. The highest BCUT2D eigenvalue weighted by atomic mass is 32.1. The molecule has 13 heavy (non-hydrogen) atoms. The number of nitrogens with two attached hydrogens (primary N) is 1. The van der Waals surface area contributed by atoms with Gasteiger partial charge in [0.25, 0.3) is 0 Å². The molecule has 72 valence electrons. The minimum absolute atomic E-state index is 0.331. The molecule has 0 unspecified atom stereocenters. The molecular formula is C9H13NO2S. The van der Waals surface area contributed by atoms with E-state index in [1.807, 2.05) is 0 Å². The second-order valence-corrected chi connectivity index (χ2v) is 3.70. The molecule has 0 aliphatic heterocycles. The minimum Gasteiger partial charge on any atom is -0.465 e. The van der Waals surface area contributed by atoms with Crippen LogP contribution in [0.15, 0.2) is 5.38 Å². The highest BCUT2D eigenvalue weighted by Gasteiger charge is 2.16. The fraction of sp³-hybridized carbons (Fsp3) is 0.444. The van der Waals surface area contributed by atoms with E-state index in [0.717, 1.165) is 17.7 Å². The largest absolute Gasteiger partial charge is 0.465 e. The Morgan fingerprint density at radius 3 is 2.92 bits per heavy atom. The Hall–Kier alpha value is -1.03. The number of rotatable bonds is 3. The molecule has 0 atom stereocenters. The predicted octanol–water partition coefficient (Wildman–Crippen LogP) is 2.07. The number of nitrogen functional groups attached to an aromatic ring is 1. The van der Waals surface area contributed by atoms with Crippen LogP contribution in [-0.2, 0) is 11.2 Å². The van der Waals surface area contributed by atoms with Crippen molar-refractivity contribution in [3.8, 4) is 0 Å². The topological polar surface area (TPSA) is 52.3 Å². The number of ether oxygens (including phenoxy) is 1. The first-order valence-electron chi connectivity index (χ1n) is 4.14. The fourth-order valence-electron chi connectivity index (χ4n) is 1.16. The zero-order valence-corrected chi connectivity index (χ0v) is 8.61. The summed E-state index contributed by atoms with van der Waals surface area (Å²) in [6.45, 7) is 2.07. The van der Waals surface area contributed by atoms with Crippen LogP contribution in [0.4, 0.5) is 5.69 Å². The maximum atomic E-state index is 11.3. The number of hydrogen-bond acceptors (Lipinski definition) is 4. The third kappa shape index (κ3) is 2.01. The Labute approximate surface area is 81.5 Å². The first-order chi connectivity index (χ1) is 6.20. The van der Waals surface area contributed by atoms with Crippen molar-refractivity contribution in [2.24, 2.45) is 0 Å². The Kier molecular flexibility index (Phi) is 3.31. The number of hydrogen-bond donors (Lipinski definition) is 1. The molecule has 0 aliphatic rings. The third-order valence-corrected chi connectivity index (χ3v) is 2.83. The molecule has 1 rings (SSSR count). The Morgan fingerprint density at radius 1 is 1.69 bits per heavy atom. The molecule has 0 radical (unpaired) electrons. The summed E-state index contributed by atoms with van der Waals surface area (Å²) >= 11 is 1.52. The number of aryl methyl sites for hydroxylation is 1. The minimum atomic E-state index is -0.331. The lowest BCUT2D eigenvalue weighted by atomic mass is 10.1. The van der Waals surface area contributed by atoms with Crippen LogP contribution in [0.1, 0.15) is 28.6 Å². The van der Waals surface area contributed by atoms with Crippen molar-refractivity contribution in [1.29, 1.82) is 0 Å². The van der Waals surface area contributed by atoms with E-state index in [-0.39, 0.29) is 5.97 Å². The van der Waals surface area contributed by atoms with Crippen LogP contribution in [0.25, 0.3) is 0 Å². The van der Waals surface area contributed by atoms with Crippen molar-refractivity contribution in [2.45, 2.75) is 19.8 Å². The smallest absolute Gasteiger partial charge is 0.341 e. The zero-order valence-electron chi connectivity index (χ0n) is 7.79. The van der Waals surface area contributed by atoms with Gasteiger partial charge >= 0.3 is 5.97 Å². The average molecular weight is 199 g/mol. The normalized spacial score (nSPS) is 10.0. The number of carbonyl (C=O) groups is 1. The van der Waals surface area contributed by atoms with E-state index in [4.69, 9.17) is 5.73 Å². The highest BCUT2D eigenvalue weighted by Crippen LogP contribution is 2.26. The molecule has 0 aromatic carbocycles. The Bertz CT molecular complexity index is 307. The van der Waals surface area contributed by atoms with Gasteiger partial charge in [0.1, 0.15) is 0 Å². The van der Waals surface area contributed by atoms with Gasteiger partial charge in [0.05, 0.1) is 18.4 Å². The van der Waals surface area contributed by atoms with E-state index < -0.39 is 0 Å². The zero-order chi connectivity index (χ0) is 9.84. The summed E-state index contributed by atoms with van der Waals surface area (Å²) in [5, 5.41) is 1.79. The van der Waals surface area contributed by atoms with Crippen molar-refractivity contribution < 1.29 is 9.53 Å². The summed E-state index contributed by atoms with van der Waals surface area (Å²) < 4.78 is 4.65. The molecule has 0 fully saturated rings. The van der Waals surface area contributed by atoms with Crippen molar-refractivity contribution in [1.82, 2.24) is 0 Å². The molecule has 0 saturated heterocycles. The number of anilines is 1. The summed E-state index contributed by atoms with van der Waals surface area (Å²) in [6.07, 6.45) is 1.89. The van der Waals surface area contributed by atoms with Crippen LogP contribution < -0.4 is 5.73 Å². The SMILES string of the molecule is CCCc1scc(N)c1C(=O)OC. The predicted molar refractivity (Wildman–Crippen MR) is 54.1 cm³/mol. The molecule has 0 aliphatic carbocycles. The summed E-state index contributed by atoms with van der Waals surface area (Å²) in [4.78, 5) is 12.3. The van der Waals surface area contributed by atoms with Gasteiger partial charge in [-0.15, -0.1) is 11.3 Å². The molecule has 0 bridgehead atoms. The van der Waals surface area contributed by atoms with E-state index in [2.05, 4.69) is 11.7 Å². The van der Waals surface area contributed by atoms with Crippen LogP contribution >= 0.6 is 11.3 Å². The van der Waals surface area contributed by atoms with E-state index in [0.29, 0.717) is 11.3 Å². The average Bonchev–Trinajstić information content (AvgIpc) is 2.47. The summed E-state index contributed by atoms with van der Waals surface area (Å²) in [6, 6.07) is 0. The van der Waals surface area contributed by atoms with Gasteiger partial charge < -0.3 is 10.5 Å². The molecule has 0 saturated carbocycles. The first-order valence-corrected chi connectivity index (χ1v) is 5.02.